The van der Waals surface area contributed by atoms with Gasteiger partial charge in [-0.1, -0.05) is 27.2 Å². The fourth-order valence-corrected chi connectivity index (χ4v) is 2.54. The number of carboxylic acids is 1. The number of aliphatic hydroxyl groups excluding tert-OH is 1. The lowest BCUT2D eigenvalue weighted by molar-refractivity contribution is -0.142. The van der Waals surface area contributed by atoms with Gasteiger partial charge in [-0.15, -0.1) is 0 Å². The van der Waals surface area contributed by atoms with Gasteiger partial charge in [0.2, 0.25) is 5.43 Å². The molecule has 0 aliphatic heterocycles. The van der Waals surface area contributed by atoms with Gasteiger partial charge < -0.3 is 19.9 Å². The maximum Gasteiger partial charge on any atom is 0.326 e. The van der Waals surface area contributed by atoms with Crippen molar-refractivity contribution in [1.82, 2.24) is 9.47 Å². The Labute approximate surface area is 135 Å². The van der Waals surface area contributed by atoms with Gasteiger partial charge in [0.05, 0.1) is 12.8 Å². The predicted octanol–water partition coefficient (Wildman–Crippen LogP) is 1.04. The second-order valence-corrected chi connectivity index (χ2v) is 5.68. The summed E-state index contributed by atoms with van der Waals surface area (Å²) in [4.78, 5) is 25.4. The van der Waals surface area contributed by atoms with Crippen molar-refractivity contribution in [3.05, 3.63) is 28.2 Å². The van der Waals surface area contributed by atoms with Crippen LogP contribution >= 0.6 is 0 Å². The zero-order valence-electron chi connectivity index (χ0n) is 13.9. The highest BCUT2D eigenvalue weighted by molar-refractivity contribution is 5.72. The van der Waals surface area contributed by atoms with E-state index in [2.05, 4.69) is 0 Å². The third-order valence-electron chi connectivity index (χ3n) is 4.13. The Balaban J connectivity index is 3.35. The summed E-state index contributed by atoms with van der Waals surface area (Å²) in [7, 11) is 0. The van der Waals surface area contributed by atoms with Crippen molar-refractivity contribution in [2.75, 3.05) is 19.7 Å². The van der Waals surface area contributed by atoms with Crippen molar-refractivity contribution in [2.45, 2.75) is 39.8 Å². The predicted molar refractivity (Wildman–Crippen MR) is 86.5 cm³/mol. The van der Waals surface area contributed by atoms with E-state index in [1.807, 2.05) is 25.7 Å². The fraction of sp³-hybridized carbons (Fsp3) is 0.625. The van der Waals surface area contributed by atoms with E-state index in [-0.39, 0.29) is 12.5 Å². The molecular weight excluding hydrogens is 300 g/mol. The minimum absolute atomic E-state index is 0.0239. The number of hydrogen-bond acceptors (Lipinski definition) is 5. The van der Waals surface area contributed by atoms with E-state index in [0.717, 1.165) is 0 Å². The monoisotopic (exact) mass is 326 g/mol. The highest BCUT2D eigenvalue weighted by atomic mass is 16.4. The summed E-state index contributed by atoms with van der Waals surface area (Å²) in [6, 6.07) is 0.405. The van der Waals surface area contributed by atoms with Gasteiger partial charge in [0.25, 0.3) is 0 Å². The third kappa shape index (κ3) is 4.80. The van der Waals surface area contributed by atoms with E-state index < -0.39 is 23.2 Å². The number of carbonyl (C=O) groups is 1. The summed E-state index contributed by atoms with van der Waals surface area (Å²) in [5, 5.41) is 28.4. The van der Waals surface area contributed by atoms with E-state index >= 15 is 0 Å². The van der Waals surface area contributed by atoms with E-state index in [0.29, 0.717) is 31.7 Å². The molecule has 0 bridgehead atoms. The molecule has 0 amide bonds. The van der Waals surface area contributed by atoms with Crippen LogP contribution in [0.3, 0.4) is 0 Å². The van der Waals surface area contributed by atoms with Crippen molar-refractivity contribution in [1.29, 1.82) is 0 Å². The van der Waals surface area contributed by atoms with Crippen LogP contribution in [0.4, 0.5) is 0 Å². The number of pyridine rings is 1. The van der Waals surface area contributed by atoms with E-state index in [4.69, 9.17) is 5.11 Å². The van der Waals surface area contributed by atoms with Crippen LogP contribution in [0, 0.1) is 5.92 Å². The van der Waals surface area contributed by atoms with Gasteiger partial charge in [0, 0.05) is 24.8 Å². The Hall–Kier alpha value is -1.86. The third-order valence-corrected chi connectivity index (χ3v) is 4.13. The van der Waals surface area contributed by atoms with Crippen LogP contribution in [0.1, 0.15) is 38.9 Å². The molecule has 0 saturated heterocycles. The second-order valence-electron chi connectivity index (χ2n) is 5.68. The quantitative estimate of drug-likeness (QED) is 0.626. The lowest BCUT2D eigenvalue weighted by Crippen LogP contribution is -2.33. The van der Waals surface area contributed by atoms with Crippen molar-refractivity contribution < 1.29 is 20.1 Å². The van der Waals surface area contributed by atoms with Crippen molar-refractivity contribution >= 4 is 5.97 Å². The molecule has 23 heavy (non-hydrogen) atoms. The summed E-state index contributed by atoms with van der Waals surface area (Å²) in [5.74, 6) is -1.64. The van der Waals surface area contributed by atoms with Crippen molar-refractivity contribution in [2.24, 2.45) is 5.92 Å². The first-order valence-electron chi connectivity index (χ1n) is 7.85. The van der Waals surface area contributed by atoms with Gasteiger partial charge in [-0.3, -0.25) is 9.69 Å². The Bertz CT molecular complexity index is 584. The molecule has 1 heterocycles. The molecule has 0 aliphatic carbocycles. The molecular formula is C16H26N2O5. The summed E-state index contributed by atoms with van der Waals surface area (Å²) in [5.41, 5.74) is -0.0274. The largest absolute Gasteiger partial charge is 0.503 e. The van der Waals surface area contributed by atoms with Crippen molar-refractivity contribution in [3.63, 3.8) is 0 Å². The van der Waals surface area contributed by atoms with Gasteiger partial charge in [-0.25, -0.2) is 4.79 Å². The zero-order valence-corrected chi connectivity index (χ0v) is 13.9. The maximum atomic E-state index is 11.8. The smallest absolute Gasteiger partial charge is 0.326 e. The molecule has 7 nitrogen and oxygen atoms in total. The van der Waals surface area contributed by atoms with Gasteiger partial charge in [-0.2, -0.15) is 0 Å². The summed E-state index contributed by atoms with van der Waals surface area (Å²) in [6.45, 7) is 7.01. The molecule has 0 aromatic carbocycles. The molecule has 0 fully saturated rings. The van der Waals surface area contributed by atoms with Crippen LogP contribution in [0.5, 0.6) is 5.75 Å². The maximum absolute atomic E-state index is 11.8. The molecule has 7 heteroatoms. The zero-order chi connectivity index (χ0) is 17.6. The Morgan fingerprint density at radius 3 is 2.52 bits per heavy atom. The molecule has 3 N–H and O–H groups in total. The Morgan fingerprint density at radius 2 is 2.04 bits per heavy atom. The number of aromatic nitrogens is 1. The molecule has 2 atom stereocenters. The first-order valence-corrected chi connectivity index (χ1v) is 7.85. The molecule has 0 aliphatic rings. The molecule has 1 rings (SSSR count). The first-order chi connectivity index (χ1) is 10.8. The number of aliphatic carboxylic acids is 1. The van der Waals surface area contributed by atoms with Crippen LogP contribution < -0.4 is 5.43 Å². The molecule has 130 valence electrons. The van der Waals surface area contributed by atoms with Gasteiger partial charge in [0.15, 0.2) is 5.75 Å². The number of likely N-dealkylation sites (N-methyl/N-ethyl adjacent to an activating group) is 1. The van der Waals surface area contributed by atoms with E-state index in [1.54, 1.807) is 0 Å². The summed E-state index contributed by atoms with van der Waals surface area (Å²) < 4.78 is 1.47. The average molecular weight is 326 g/mol. The molecule has 0 radical (unpaired) electrons. The minimum atomic E-state index is -1.01. The van der Waals surface area contributed by atoms with Crippen LogP contribution in [0.25, 0.3) is 0 Å². The number of hydrogen-bond donors (Lipinski definition) is 3. The van der Waals surface area contributed by atoms with E-state index in [9.17, 15) is 19.8 Å². The number of rotatable bonds is 9. The van der Waals surface area contributed by atoms with Crippen molar-refractivity contribution in [3.8, 4) is 5.75 Å². The Kier molecular flexibility index (Phi) is 7.25. The highest BCUT2D eigenvalue weighted by Crippen LogP contribution is 2.24. The standard InChI is InChI=1S/C16H26N2O5/c1-4-11(3)15(16(22)23)18-10-14(21)13(20)8-12(18)9-17(5-2)6-7-19/h8,10-11,15,19,21H,4-7,9H2,1-3H3,(H,22,23). The number of nitrogens with zero attached hydrogens (tertiary/aromatic N) is 2. The van der Waals surface area contributed by atoms with Gasteiger partial charge in [-0.05, 0) is 12.5 Å². The topological polar surface area (TPSA) is 103 Å². The second kappa shape index (κ2) is 8.69. The van der Waals surface area contributed by atoms with Crippen LogP contribution in [-0.4, -0.2) is 50.5 Å². The molecule has 1 aromatic rings. The normalized spacial score (nSPS) is 14.0. The lowest BCUT2D eigenvalue weighted by atomic mass is 9.98. The highest BCUT2D eigenvalue weighted by Gasteiger charge is 2.27. The number of carboxylic acid groups (broad SMARTS) is 1. The molecule has 2 unspecified atom stereocenters. The van der Waals surface area contributed by atoms with Gasteiger partial charge >= 0.3 is 5.97 Å². The summed E-state index contributed by atoms with van der Waals surface area (Å²) >= 11 is 0. The summed E-state index contributed by atoms with van der Waals surface area (Å²) in [6.07, 6.45) is 1.85. The molecule has 0 saturated carbocycles. The minimum Gasteiger partial charge on any atom is -0.503 e. The van der Waals surface area contributed by atoms with Crippen LogP contribution in [-0.2, 0) is 11.3 Å². The van der Waals surface area contributed by atoms with E-state index in [1.165, 1.54) is 16.8 Å². The molecule has 0 spiro atoms. The first kappa shape index (κ1) is 19.2. The average Bonchev–Trinajstić information content (AvgIpc) is 2.50. The SMILES string of the molecule is CCC(C)C(C(=O)O)n1cc(O)c(=O)cc1CN(CC)CCO. The fourth-order valence-electron chi connectivity index (χ4n) is 2.54. The van der Waals surface area contributed by atoms with Crippen LogP contribution in [0.2, 0.25) is 0 Å². The molecule has 1 aromatic heterocycles. The number of aliphatic hydroxyl groups is 1. The number of aromatic hydroxyl groups is 1. The Morgan fingerprint density at radius 1 is 1.39 bits per heavy atom. The van der Waals surface area contributed by atoms with Gasteiger partial charge in [0.1, 0.15) is 6.04 Å². The lowest BCUT2D eigenvalue weighted by Gasteiger charge is -2.28. The van der Waals surface area contributed by atoms with Crippen LogP contribution in [0.15, 0.2) is 17.1 Å².